The molecule has 230 valence electrons. The second kappa shape index (κ2) is 14.6. The van der Waals surface area contributed by atoms with Crippen molar-refractivity contribution in [3.8, 4) is 0 Å². The summed E-state index contributed by atoms with van der Waals surface area (Å²) in [5.74, 6) is 0.448. The molecule has 0 saturated carbocycles. The Morgan fingerprint density at radius 2 is 1.77 bits per heavy atom. The molecule has 44 heavy (non-hydrogen) atoms. The molecule has 1 aromatic heterocycles. The average Bonchev–Trinajstić information content (AvgIpc) is 3.45. The first-order valence-corrected chi connectivity index (χ1v) is 15.4. The highest BCUT2D eigenvalue weighted by Crippen LogP contribution is 2.43. The van der Waals surface area contributed by atoms with Gasteiger partial charge in [-0.1, -0.05) is 85.4 Å². The van der Waals surface area contributed by atoms with E-state index in [9.17, 15) is 14.7 Å². The first-order valence-electron chi connectivity index (χ1n) is 14.4. The van der Waals surface area contributed by atoms with Gasteiger partial charge in [-0.3, -0.25) is 4.79 Å². The number of anilines is 1. The molecule has 11 nitrogen and oxygen atoms in total. The van der Waals surface area contributed by atoms with Crippen molar-refractivity contribution in [2.75, 3.05) is 11.1 Å². The third kappa shape index (κ3) is 7.88. The van der Waals surface area contributed by atoms with Gasteiger partial charge in [-0.25, -0.2) is 9.48 Å². The number of ketones is 1. The lowest BCUT2D eigenvalue weighted by atomic mass is 9.91. The van der Waals surface area contributed by atoms with Crippen molar-refractivity contribution in [3.05, 3.63) is 101 Å². The zero-order chi connectivity index (χ0) is 31.1. The van der Waals surface area contributed by atoms with Gasteiger partial charge in [0, 0.05) is 30.0 Å². The van der Waals surface area contributed by atoms with E-state index in [1.165, 1.54) is 18.7 Å². The van der Waals surface area contributed by atoms with E-state index in [0.717, 1.165) is 22.3 Å². The van der Waals surface area contributed by atoms with Crippen molar-refractivity contribution in [3.63, 3.8) is 0 Å². The smallest absolute Gasteiger partial charge is 0.319 e. The molecule has 1 fully saturated rings. The van der Waals surface area contributed by atoms with Gasteiger partial charge < -0.3 is 25.2 Å². The van der Waals surface area contributed by atoms with Gasteiger partial charge in [0.1, 0.15) is 0 Å². The number of aryl methyl sites for hydroxylation is 1. The van der Waals surface area contributed by atoms with Gasteiger partial charge in [0.25, 0.3) is 0 Å². The molecule has 3 aromatic carbocycles. The number of rotatable bonds is 11. The molecule has 5 rings (SSSR count). The monoisotopic (exact) mass is 616 g/mol. The van der Waals surface area contributed by atoms with Crippen LogP contribution >= 0.6 is 11.8 Å². The SMILES string of the molecule is CC(=O)[C@@H](Cc1ccccc1)NC(=O)Nc1cccc(C2O[C@H](CSc3nnnn3C)[C@H](C)[C@H](c3ccc(CO)cc3)O2)c1. The molecule has 0 aliphatic carbocycles. The second-order valence-corrected chi connectivity index (χ2v) is 11.8. The zero-order valence-electron chi connectivity index (χ0n) is 24.8. The highest BCUT2D eigenvalue weighted by atomic mass is 32.2. The number of aliphatic hydroxyl groups excluding tert-OH is 1. The maximum absolute atomic E-state index is 12.9. The zero-order valence-corrected chi connectivity index (χ0v) is 25.6. The highest BCUT2D eigenvalue weighted by molar-refractivity contribution is 7.99. The molecule has 1 aliphatic heterocycles. The van der Waals surface area contributed by atoms with Crippen molar-refractivity contribution in [2.45, 2.75) is 56.6 Å². The van der Waals surface area contributed by atoms with Crippen LogP contribution < -0.4 is 10.6 Å². The molecule has 4 aromatic rings. The summed E-state index contributed by atoms with van der Waals surface area (Å²) in [6.45, 7) is 3.52. The first kappa shape index (κ1) is 31.3. The number of hydrogen-bond acceptors (Lipinski definition) is 9. The summed E-state index contributed by atoms with van der Waals surface area (Å²) in [5, 5.41) is 27.6. The predicted octanol–water partition coefficient (Wildman–Crippen LogP) is 4.61. The minimum Gasteiger partial charge on any atom is -0.392 e. The van der Waals surface area contributed by atoms with E-state index in [0.29, 0.717) is 23.0 Å². The fourth-order valence-corrected chi connectivity index (χ4v) is 6.06. The fourth-order valence-electron chi connectivity index (χ4n) is 5.04. The summed E-state index contributed by atoms with van der Waals surface area (Å²) in [6.07, 6.45) is -0.827. The van der Waals surface area contributed by atoms with Crippen LogP contribution in [-0.4, -0.2) is 55.0 Å². The molecular formula is C32H36N6O5S. The Balaban J connectivity index is 1.32. The number of carbonyl (C=O) groups is 2. The molecule has 0 bridgehead atoms. The summed E-state index contributed by atoms with van der Waals surface area (Å²) in [6, 6.07) is 23.4. The van der Waals surface area contributed by atoms with Gasteiger partial charge >= 0.3 is 6.03 Å². The van der Waals surface area contributed by atoms with Gasteiger partial charge in [0.05, 0.1) is 24.9 Å². The van der Waals surface area contributed by atoms with Crippen LogP contribution in [0.4, 0.5) is 10.5 Å². The summed E-state index contributed by atoms with van der Waals surface area (Å²) >= 11 is 1.50. The number of Topliss-reactive ketones (excluding diaryl/α,β-unsaturated/α-hetero) is 1. The molecule has 0 spiro atoms. The molecule has 3 N–H and O–H groups in total. The van der Waals surface area contributed by atoms with Crippen molar-refractivity contribution in [1.29, 1.82) is 0 Å². The highest BCUT2D eigenvalue weighted by Gasteiger charge is 2.38. The van der Waals surface area contributed by atoms with Crippen molar-refractivity contribution in [2.24, 2.45) is 13.0 Å². The van der Waals surface area contributed by atoms with Crippen LogP contribution in [0.3, 0.4) is 0 Å². The summed E-state index contributed by atoms with van der Waals surface area (Å²) in [7, 11) is 1.79. The maximum Gasteiger partial charge on any atom is 0.319 e. The van der Waals surface area contributed by atoms with Gasteiger partial charge in [-0.05, 0) is 52.6 Å². The number of urea groups is 1. The Morgan fingerprint density at radius 1 is 1.00 bits per heavy atom. The molecule has 1 unspecified atom stereocenters. The van der Waals surface area contributed by atoms with Crippen LogP contribution in [0.15, 0.2) is 84.0 Å². The van der Waals surface area contributed by atoms with Crippen molar-refractivity contribution < 1.29 is 24.2 Å². The van der Waals surface area contributed by atoms with E-state index < -0.39 is 18.4 Å². The molecule has 2 heterocycles. The van der Waals surface area contributed by atoms with Crippen LogP contribution in [0.25, 0.3) is 0 Å². The summed E-state index contributed by atoms with van der Waals surface area (Å²) in [5.41, 5.74) is 4.02. The quantitative estimate of drug-likeness (QED) is 0.206. The molecule has 0 radical (unpaired) electrons. The minimum atomic E-state index is -0.718. The number of aliphatic hydroxyl groups is 1. The number of benzene rings is 3. The third-order valence-corrected chi connectivity index (χ3v) is 8.68. The largest absolute Gasteiger partial charge is 0.392 e. The maximum atomic E-state index is 12.9. The van der Waals surface area contributed by atoms with Crippen LogP contribution in [-0.2, 0) is 34.3 Å². The molecular weight excluding hydrogens is 580 g/mol. The Morgan fingerprint density at radius 3 is 2.45 bits per heavy atom. The Kier molecular flexibility index (Phi) is 10.4. The number of nitrogens with one attached hydrogen (secondary N) is 2. The number of amides is 2. The molecule has 2 amide bonds. The van der Waals surface area contributed by atoms with Crippen molar-refractivity contribution >= 4 is 29.3 Å². The number of nitrogens with zero attached hydrogens (tertiary/aromatic N) is 4. The normalized spacial score (nSPS) is 20.5. The number of aromatic nitrogens is 4. The lowest BCUT2D eigenvalue weighted by molar-refractivity contribution is -0.268. The van der Waals surface area contributed by atoms with E-state index in [4.69, 9.17) is 9.47 Å². The minimum absolute atomic E-state index is 0.0138. The van der Waals surface area contributed by atoms with Crippen LogP contribution in [0, 0.1) is 5.92 Å². The number of hydrogen-bond donors (Lipinski definition) is 3. The fraction of sp³-hybridized carbons (Fsp3) is 0.344. The van der Waals surface area contributed by atoms with Gasteiger partial charge in [0.2, 0.25) is 5.16 Å². The number of ether oxygens (including phenoxy) is 2. The van der Waals surface area contributed by atoms with Crippen molar-refractivity contribution in [1.82, 2.24) is 25.5 Å². The second-order valence-electron chi connectivity index (χ2n) is 10.8. The Hall–Kier alpha value is -4.10. The van der Waals surface area contributed by atoms with Crippen LogP contribution in [0.2, 0.25) is 0 Å². The van der Waals surface area contributed by atoms with E-state index >= 15 is 0 Å². The van der Waals surface area contributed by atoms with Gasteiger partial charge in [0.15, 0.2) is 12.1 Å². The number of carbonyl (C=O) groups excluding carboxylic acids is 2. The van der Waals surface area contributed by atoms with Crippen LogP contribution in [0.5, 0.6) is 0 Å². The Labute approximate surface area is 260 Å². The average molecular weight is 617 g/mol. The van der Waals surface area contributed by atoms with E-state index in [-0.39, 0.29) is 30.5 Å². The van der Waals surface area contributed by atoms with Crippen LogP contribution in [0.1, 0.15) is 48.5 Å². The molecule has 12 heteroatoms. The predicted molar refractivity (Wildman–Crippen MR) is 166 cm³/mol. The number of tetrazole rings is 1. The van der Waals surface area contributed by atoms with E-state index in [1.807, 2.05) is 72.8 Å². The third-order valence-electron chi connectivity index (χ3n) is 7.58. The Bertz CT molecular complexity index is 1550. The van der Waals surface area contributed by atoms with E-state index in [1.54, 1.807) is 17.8 Å². The van der Waals surface area contributed by atoms with Gasteiger partial charge in [-0.15, -0.1) is 5.10 Å². The summed E-state index contributed by atoms with van der Waals surface area (Å²) in [4.78, 5) is 25.2. The number of thioether (sulfide) groups is 1. The van der Waals surface area contributed by atoms with E-state index in [2.05, 4.69) is 33.1 Å². The molecule has 1 saturated heterocycles. The topological polar surface area (TPSA) is 140 Å². The molecule has 5 atom stereocenters. The summed E-state index contributed by atoms with van der Waals surface area (Å²) < 4.78 is 14.7. The standard InChI is InChI=1S/C32H36N6O5S/c1-20-28(19-44-32-35-36-37-38(32)3)42-30(43-29(20)24-14-12-23(18-39)13-15-24)25-10-7-11-26(17-25)33-31(41)34-27(21(2)40)16-22-8-5-4-6-9-22/h4-15,17,20,27-30,39H,16,18-19H2,1-3H3,(H2,33,34,41)/t20-,27+,28+,29+,30?/m0/s1. The molecule has 1 aliphatic rings. The van der Waals surface area contributed by atoms with Gasteiger partial charge in [-0.2, -0.15) is 0 Å². The lowest BCUT2D eigenvalue weighted by Gasteiger charge is -2.41. The lowest BCUT2D eigenvalue weighted by Crippen LogP contribution is -2.43. The first-order chi connectivity index (χ1) is 21.3.